The van der Waals surface area contributed by atoms with E-state index in [-0.39, 0.29) is 16.5 Å². The van der Waals surface area contributed by atoms with Crippen molar-refractivity contribution >= 4 is 28.8 Å². The summed E-state index contributed by atoms with van der Waals surface area (Å²) >= 11 is 5.96. The van der Waals surface area contributed by atoms with E-state index in [0.717, 1.165) is 5.70 Å². The average molecular weight is 267 g/mol. The van der Waals surface area contributed by atoms with Crippen molar-refractivity contribution in [1.29, 1.82) is 0 Å². The highest BCUT2D eigenvalue weighted by Crippen LogP contribution is 2.30. The molecule has 1 N–H and O–H groups in total. The van der Waals surface area contributed by atoms with Gasteiger partial charge in [-0.3, -0.25) is 14.9 Å². The minimum Gasteiger partial charge on any atom is -0.357 e. The van der Waals surface area contributed by atoms with Crippen LogP contribution in [0.25, 0.3) is 0 Å². The zero-order chi connectivity index (χ0) is 13.3. The van der Waals surface area contributed by atoms with Crippen molar-refractivity contribution in [3.63, 3.8) is 0 Å². The van der Waals surface area contributed by atoms with Gasteiger partial charge in [0, 0.05) is 29.8 Å². The Kier molecular flexibility index (Phi) is 3.34. The van der Waals surface area contributed by atoms with Crippen molar-refractivity contribution in [3.8, 4) is 0 Å². The zero-order valence-electron chi connectivity index (χ0n) is 9.70. The molecule has 0 atom stereocenters. The second-order valence-corrected chi connectivity index (χ2v) is 4.48. The van der Waals surface area contributed by atoms with Crippen LogP contribution in [0.15, 0.2) is 29.5 Å². The predicted octanol–water partition coefficient (Wildman–Crippen LogP) is 3.30. The van der Waals surface area contributed by atoms with Crippen molar-refractivity contribution < 1.29 is 9.72 Å². The Bertz CT molecular complexity index is 566. The lowest BCUT2D eigenvalue weighted by Crippen LogP contribution is -2.00. The van der Waals surface area contributed by atoms with Crippen LogP contribution < -0.4 is 5.32 Å². The third-order valence-corrected chi connectivity index (χ3v) is 3.23. The number of nitrogens with zero attached hydrogens (tertiary/aromatic N) is 1. The molecular weight excluding hydrogens is 256 g/mol. The molecule has 1 aliphatic rings. The van der Waals surface area contributed by atoms with Crippen molar-refractivity contribution in [2.45, 2.75) is 19.8 Å². The number of halogens is 1. The summed E-state index contributed by atoms with van der Waals surface area (Å²) in [5, 5.41) is 13.9. The quantitative estimate of drug-likeness (QED) is 0.673. The number of anilines is 1. The number of hydrogen-bond acceptors (Lipinski definition) is 4. The molecule has 0 radical (unpaired) electrons. The van der Waals surface area contributed by atoms with Gasteiger partial charge >= 0.3 is 0 Å². The number of carbonyl (C=O) groups excluding carboxylic acids is 1. The molecule has 18 heavy (non-hydrogen) atoms. The summed E-state index contributed by atoms with van der Waals surface area (Å²) in [7, 11) is 0. The molecule has 0 bridgehead atoms. The van der Waals surface area contributed by atoms with E-state index in [1.54, 1.807) is 13.0 Å². The van der Waals surface area contributed by atoms with E-state index in [4.69, 9.17) is 11.6 Å². The summed E-state index contributed by atoms with van der Waals surface area (Å²) < 4.78 is 0. The molecule has 0 aliphatic heterocycles. The number of nitro benzene ring substituents is 1. The van der Waals surface area contributed by atoms with E-state index in [1.165, 1.54) is 12.1 Å². The second kappa shape index (κ2) is 4.78. The van der Waals surface area contributed by atoms with Gasteiger partial charge in [-0.25, -0.2) is 0 Å². The number of nitrogens with one attached hydrogen (secondary N) is 1. The second-order valence-electron chi connectivity index (χ2n) is 4.07. The first-order valence-corrected chi connectivity index (χ1v) is 5.80. The molecule has 0 saturated heterocycles. The van der Waals surface area contributed by atoms with Gasteiger partial charge in [0.25, 0.3) is 5.69 Å². The Hall–Kier alpha value is -1.88. The van der Waals surface area contributed by atoms with Crippen molar-refractivity contribution in [2.24, 2.45) is 0 Å². The SMILES string of the molecule is CC1=C(Nc2ccc([N+](=O)[O-])cc2Cl)CCC1=O. The van der Waals surface area contributed by atoms with Crippen LogP contribution in [-0.2, 0) is 4.79 Å². The molecule has 94 valence electrons. The lowest BCUT2D eigenvalue weighted by atomic mass is 10.2. The monoisotopic (exact) mass is 266 g/mol. The molecule has 0 fully saturated rings. The number of allylic oxidation sites excluding steroid dienone is 2. The van der Waals surface area contributed by atoms with Gasteiger partial charge in [0.2, 0.25) is 0 Å². The van der Waals surface area contributed by atoms with Crippen LogP contribution in [-0.4, -0.2) is 10.7 Å². The number of carbonyl (C=O) groups is 1. The van der Waals surface area contributed by atoms with Crippen LogP contribution in [0.4, 0.5) is 11.4 Å². The molecule has 1 aliphatic carbocycles. The molecule has 5 nitrogen and oxygen atoms in total. The van der Waals surface area contributed by atoms with Crippen LogP contribution in [0, 0.1) is 10.1 Å². The van der Waals surface area contributed by atoms with Crippen molar-refractivity contribution in [2.75, 3.05) is 5.32 Å². The minimum absolute atomic E-state index is 0.0567. The van der Waals surface area contributed by atoms with Crippen molar-refractivity contribution in [3.05, 3.63) is 44.6 Å². The zero-order valence-corrected chi connectivity index (χ0v) is 10.5. The number of Topliss-reactive ketones (excluding diaryl/α,β-unsaturated/α-hetero) is 1. The van der Waals surface area contributed by atoms with E-state index in [1.807, 2.05) is 0 Å². The highest BCUT2D eigenvalue weighted by atomic mass is 35.5. The first kappa shape index (κ1) is 12.6. The molecule has 2 rings (SSSR count). The summed E-state index contributed by atoms with van der Waals surface area (Å²) in [6.07, 6.45) is 1.15. The topological polar surface area (TPSA) is 72.2 Å². The van der Waals surface area contributed by atoms with Crippen LogP contribution in [0.2, 0.25) is 5.02 Å². The van der Waals surface area contributed by atoms with E-state index in [2.05, 4.69) is 5.32 Å². The maximum absolute atomic E-state index is 11.4. The van der Waals surface area contributed by atoms with Gasteiger partial charge in [-0.15, -0.1) is 0 Å². The number of rotatable bonds is 3. The van der Waals surface area contributed by atoms with E-state index >= 15 is 0 Å². The molecular formula is C12H11ClN2O3. The lowest BCUT2D eigenvalue weighted by Gasteiger charge is -2.09. The van der Waals surface area contributed by atoms with Gasteiger partial charge in [0.05, 0.1) is 15.6 Å². The van der Waals surface area contributed by atoms with Gasteiger partial charge in [0.15, 0.2) is 5.78 Å². The largest absolute Gasteiger partial charge is 0.357 e. The van der Waals surface area contributed by atoms with Gasteiger partial charge in [0.1, 0.15) is 0 Å². The number of non-ortho nitro benzene ring substituents is 1. The maximum atomic E-state index is 11.4. The lowest BCUT2D eigenvalue weighted by molar-refractivity contribution is -0.384. The van der Waals surface area contributed by atoms with Crippen LogP contribution in [0.5, 0.6) is 0 Å². The number of nitro groups is 1. The normalized spacial score (nSPS) is 15.1. The molecule has 0 amide bonds. The van der Waals surface area contributed by atoms with Gasteiger partial charge in [-0.05, 0) is 19.4 Å². The smallest absolute Gasteiger partial charge is 0.271 e. The summed E-state index contributed by atoms with van der Waals surface area (Å²) in [5.41, 5.74) is 2.05. The first-order chi connectivity index (χ1) is 8.49. The summed E-state index contributed by atoms with van der Waals surface area (Å²) in [5.74, 6) is 0.121. The van der Waals surface area contributed by atoms with Crippen LogP contribution in [0.1, 0.15) is 19.8 Å². The number of benzene rings is 1. The molecule has 0 aromatic heterocycles. The molecule has 1 aromatic carbocycles. The number of ketones is 1. The van der Waals surface area contributed by atoms with Gasteiger partial charge < -0.3 is 5.32 Å². The fourth-order valence-corrected chi connectivity index (χ4v) is 2.04. The molecule has 0 unspecified atom stereocenters. The van der Waals surface area contributed by atoms with Gasteiger partial charge in [-0.2, -0.15) is 0 Å². The third kappa shape index (κ3) is 2.36. The minimum atomic E-state index is -0.501. The average Bonchev–Trinajstić information content (AvgIpc) is 2.63. The van der Waals surface area contributed by atoms with Crippen LogP contribution in [0.3, 0.4) is 0 Å². The highest BCUT2D eigenvalue weighted by Gasteiger charge is 2.20. The summed E-state index contributed by atoms with van der Waals surface area (Å²) in [4.78, 5) is 21.5. The molecule has 0 spiro atoms. The summed E-state index contributed by atoms with van der Waals surface area (Å²) in [6, 6.07) is 4.21. The fraction of sp³-hybridized carbons (Fsp3) is 0.250. The van der Waals surface area contributed by atoms with E-state index < -0.39 is 4.92 Å². The van der Waals surface area contributed by atoms with Crippen LogP contribution >= 0.6 is 11.6 Å². The standard InChI is InChI=1S/C12H11ClN2O3/c1-7-10(4-5-12(7)16)14-11-3-2-8(15(17)18)6-9(11)13/h2-3,6,14H,4-5H2,1H3. The van der Waals surface area contributed by atoms with Crippen molar-refractivity contribution in [1.82, 2.24) is 0 Å². The molecule has 0 saturated carbocycles. The Morgan fingerprint density at radius 2 is 2.11 bits per heavy atom. The Balaban J connectivity index is 2.26. The van der Waals surface area contributed by atoms with E-state index in [9.17, 15) is 14.9 Å². The van der Waals surface area contributed by atoms with Gasteiger partial charge in [-0.1, -0.05) is 11.6 Å². The van der Waals surface area contributed by atoms with E-state index in [0.29, 0.717) is 24.1 Å². The maximum Gasteiger partial charge on any atom is 0.271 e. The fourth-order valence-electron chi connectivity index (χ4n) is 1.82. The third-order valence-electron chi connectivity index (χ3n) is 2.92. The predicted molar refractivity (Wildman–Crippen MR) is 68.7 cm³/mol. The Morgan fingerprint density at radius 1 is 1.39 bits per heavy atom. The highest BCUT2D eigenvalue weighted by molar-refractivity contribution is 6.33. The molecule has 6 heteroatoms. The number of hydrogen-bond donors (Lipinski definition) is 1. The Labute approximate surface area is 109 Å². The summed E-state index contributed by atoms with van der Waals surface area (Å²) in [6.45, 7) is 1.76. The Morgan fingerprint density at radius 3 is 2.61 bits per heavy atom. The molecule has 0 heterocycles. The first-order valence-electron chi connectivity index (χ1n) is 5.43. The molecule has 1 aromatic rings.